The molecule has 0 saturated heterocycles. The summed E-state index contributed by atoms with van der Waals surface area (Å²) in [5, 5.41) is 0. The van der Waals surface area contributed by atoms with Gasteiger partial charge in [-0.3, -0.25) is 0 Å². The van der Waals surface area contributed by atoms with Crippen LogP contribution in [0, 0.1) is 0 Å². The number of para-hydroxylation sites is 1. The Hall–Kier alpha value is -7.22. The first-order valence-corrected chi connectivity index (χ1v) is 19.4. The van der Waals surface area contributed by atoms with E-state index in [0.29, 0.717) is 0 Å². The van der Waals surface area contributed by atoms with Gasteiger partial charge in [-0.25, -0.2) is 0 Å². The molecular weight excluding hydrogens is 675 g/mol. The highest BCUT2D eigenvalue weighted by atomic mass is 15.1. The highest BCUT2D eigenvalue weighted by Crippen LogP contribution is 2.64. The lowest BCUT2D eigenvalue weighted by Gasteiger charge is -2.30. The van der Waals surface area contributed by atoms with Gasteiger partial charge in [0.2, 0.25) is 0 Å². The molecule has 0 aromatic heterocycles. The van der Waals surface area contributed by atoms with Gasteiger partial charge in [0, 0.05) is 17.1 Å². The fourth-order valence-electron chi connectivity index (χ4n) is 9.59. The Bertz CT molecular complexity index is 2840. The van der Waals surface area contributed by atoms with E-state index in [1.54, 1.807) is 0 Å². The molecule has 11 rings (SSSR count). The van der Waals surface area contributed by atoms with Gasteiger partial charge in [-0.05, 0) is 114 Å². The van der Waals surface area contributed by atoms with Crippen LogP contribution in [0.1, 0.15) is 22.3 Å². The summed E-state index contributed by atoms with van der Waals surface area (Å²) in [4.78, 5) is 2.34. The topological polar surface area (TPSA) is 3.24 Å². The minimum absolute atomic E-state index is 0.369. The number of anilines is 3. The fourth-order valence-corrected chi connectivity index (χ4v) is 9.59. The van der Waals surface area contributed by atoms with Crippen molar-refractivity contribution in [1.29, 1.82) is 0 Å². The molecule has 1 nitrogen and oxygen atoms in total. The van der Waals surface area contributed by atoms with Crippen molar-refractivity contribution in [2.45, 2.75) is 5.41 Å². The van der Waals surface area contributed by atoms with E-state index in [9.17, 15) is 0 Å². The largest absolute Gasteiger partial charge is 0.311 e. The molecular formula is C55H37N. The van der Waals surface area contributed by atoms with Crippen LogP contribution in [0.3, 0.4) is 0 Å². The molecule has 0 bridgehead atoms. The second-order valence-corrected chi connectivity index (χ2v) is 14.8. The maximum absolute atomic E-state index is 2.37. The summed E-state index contributed by atoms with van der Waals surface area (Å²) < 4.78 is 0. The molecule has 0 fully saturated rings. The molecule has 1 heteroatoms. The Kier molecular flexibility index (Phi) is 7.47. The van der Waals surface area contributed by atoms with Crippen molar-refractivity contribution in [3.63, 3.8) is 0 Å². The van der Waals surface area contributed by atoms with E-state index < -0.39 is 0 Å². The Morgan fingerprint density at radius 2 is 0.625 bits per heavy atom. The van der Waals surface area contributed by atoms with E-state index in [4.69, 9.17) is 0 Å². The number of fused-ring (bicyclic) bond motifs is 10. The van der Waals surface area contributed by atoms with E-state index in [-0.39, 0.29) is 5.41 Å². The summed E-state index contributed by atoms with van der Waals surface area (Å²) in [6, 6.07) is 82.2. The maximum atomic E-state index is 2.37. The van der Waals surface area contributed by atoms with Crippen LogP contribution in [0.15, 0.2) is 224 Å². The molecule has 0 heterocycles. The SMILES string of the molecule is c1ccc(-c2ccc(N(c3ccccc3)c3ccc(-c4ccccc4-c4cccc5c4-c4ccccc4C54c5ccccc5-c5ccccc54)cc3)cc2)cc1. The van der Waals surface area contributed by atoms with Gasteiger partial charge in [0.05, 0.1) is 5.41 Å². The van der Waals surface area contributed by atoms with Crippen LogP contribution in [0.4, 0.5) is 17.1 Å². The molecule has 2 aliphatic carbocycles. The Balaban J connectivity index is 1.03. The van der Waals surface area contributed by atoms with E-state index in [0.717, 1.165) is 17.1 Å². The summed E-state index contributed by atoms with van der Waals surface area (Å²) in [6.07, 6.45) is 0. The highest BCUT2D eigenvalue weighted by Gasteiger charge is 2.52. The van der Waals surface area contributed by atoms with Crippen LogP contribution in [0.25, 0.3) is 55.6 Å². The second kappa shape index (κ2) is 13.0. The molecule has 0 unspecified atom stereocenters. The van der Waals surface area contributed by atoms with Crippen molar-refractivity contribution < 1.29 is 0 Å². The standard InChI is InChI=1S/C55H37N/c1-3-16-38(17-4-1)39-30-34-42(35-31-39)56(41-18-5-2-6-19-41)43-36-32-40(33-37-43)44-20-7-8-21-45(44)48-25-15-29-53-54(48)49-24-11-14-28-52(49)55(53)50-26-12-9-22-46(50)47-23-10-13-27-51(47)55/h1-37H. The Morgan fingerprint density at radius 1 is 0.232 bits per heavy atom. The molecule has 262 valence electrons. The number of hydrogen-bond donors (Lipinski definition) is 0. The molecule has 56 heavy (non-hydrogen) atoms. The van der Waals surface area contributed by atoms with Gasteiger partial charge in [-0.15, -0.1) is 0 Å². The summed E-state index contributed by atoms with van der Waals surface area (Å²) in [5.41, 5.74) is 21.0. The lowest BCUT2D eigenvalue weighted by Crippen LogP contribution is -2.25. The van der Waals surface area contributed by atoms with Crippen LogP contribution in [0.5, 0.6) is 0 Å². The van der Waals surface area contributed by atoms with Gasteiger partial charge in [-0.1, -0.05) is 188 Å². The quantitative estimate of drug-likeness (QED) is 0.166. The van der Waals surface area contributed by atoms with E-state index in [1.807, 2.05) is 0 Å². The first-order chi connectivity index (χ1) is 27.8. The Morgan fingerprint density at radius 3 is 1.23 bits per heavy atom. The minimum atomic E-state index is -0.369. The van der Waals surface area contributed by atoms with E-state index in [1.165, 1.54) is 77.9 Å². The normalized spacial score (nSPS) is 12.8. The second-order valence-electron chi connectivity index (χ2n) is 14.8. The van der Waals surface area contributed by atoms with Crippen LogP contribution in [-0.2, 0) is 5.41 Å². The summed E-state index contributed by atoms with van der Waals surface area (Å²) in [6.45, 7) is 0. The van der Waals surface area contributed by atoms with Gasteiger partial charge >= 0.3 is 0 Å². The average Bonchev–Trinajstić information content (AvgIpc) is 3.75. The molecule has 9 aromatic carbocycles. The van der Waals surface area contributed by atoms with Crippen LogP contribution in [-0.4, -0.2) is 0 Å². The molecule has 0 radical (unpaired) electrons. The number of rotatable bonds is 6. The van der Waals surface area contributed by atoms with Crippen molar-refractivity contribution in [1.82, 2.24) is 0 Å². The molecule has 9 aromatic rings. The monoisotopic (exact) mass is 711 g/mol. The average molecular weight is 712 g/mol. The third kappa shape index (κ3) is 4.81. The summed E-state index contributed by atoms with van der Waals surface area (Å²) in [7, 11) is 0. The number of nitrogens with zero attached hydrogens (tertiary/aromatic N) is 1. The molecule has 0 N–H and O–H groups in total. The summed E-state index contributed by atoms with van der Waals surface area (Å²) >= 11 is 0. The van der Waals surface area contributed by atoms with Gasteiger partial charge < -0.3 is 4.90 Å². The van der Waals surface area contributed by atoms with Crippen molar-refractivity contribution in [2.24, 2.45) is 0 Å². The third-order valence-corrected chi connectivity index (χ3v) is 11.9. The zero-order chi connectivity index (χ0) is 37.1. The molecule has 1 spiro atoms. The molecule has 0 atom stereocenters. The van der Waals surface area contributed by atoms with Crippen molar-refractivity contribution in [3.8, 4) is 55.6 Å². The van der Waals surface area contributed by atoms with Crippen molar-refractivity contribution in [2.75, 3.05) is 4.90 Å². The molecule has 0 saturated carbocycles. The smallest absolute Gasteiger partial charge is 0.0725 e. The molecule has 2 aliphatic rings. The first kappa shape index (κ1) is 32.2. The lowest BCUT2D eigenvalue weighted by atomic mass is 9.70. The third-order valence-electron chi connectivity index (χ3n) is 11.9. The van der Waals surface area contributed by atoms with Crippen molar-refractivity contribution >= 4 is 17.1 Å². The minimum Gasteiger partial charge on any atom is -0.311 e. The lowest BCUT2D eigenvalue weighted by molar-refractivity contribution is 0.794. The van der Waals surface area contributed by atoms with Crippen molar-refractivity contribution in [3.05, 3.63) is 247 Å². The van der Waals surface area contributed by atoms with Crippen LogP contribution in [0.2, 0.25) is 0 Å². The van der Waals surface area contributed by atoms with Gasteiger partial charge in [-0.2, -0.15) is 0 Å². The summed E-state index contributed by atoms with van der Waals surface area (Å²) in [5.74, 6) is 0. The first-order valence-electron chi connectivity index (χ1n) is 19.4. The highest BCUT2D eigenvalue weighted by molar-refractivity contribution is 6.02. The predicted molar refractivity (Wildman–Crippen MR) is 234 cm³/mol. The Labute approximate surface area is 328 Å². The van der Waals surface area contributed by atoms with Crippen LogP contribution < -0.4 is 4.90 Å². The number of hydrogen-bond acceptors (Lipinski definition) is 1. The van der Waals surface area contributed by atoms with Gasteiger partial charge in [0.15, 0.2) is 0 Å². The predicted octanol–water partition coefficient (Wildman–Crippen LogP) is 14.5. The fraction of sp³-hybridized carbons (Fsp3) is 0.0182. The van der Waals surface area contributed by atoms with Crippen LogP contribution >= 0.6 is 0 Å². The van der Waals surface area contributed by atoms with E-state index >= 15 is 0 Å². The van der Waals surface area contributed by atoms with Gasteiger partial charge in [0.1, 0.15) is 0 Å². The number of benzene rings is 9. The molecule has 0 aliphatic heterocycles. The van der Waals surface area contributed by atoms with Gasteiger partial charge in [0.25, 0.3) is 0 Å². The zero-order valence-electron chi connectivity index (χ0n) is 30.8. The zero-order valence-corrected chi connectivity index (χ0v) is 30.8. The molecule has 0 amide bonds. The van der Waals surface area contributed by atoms with E-state index in [2.05, 4.69) is 229 Å². The maximum Gasteiger partial charge on any atom is 0.0725 e.